The van der Waals surface area contributed by atoms with E-state index in [0.29, 0.717) is 19.4 Å². The van der Waals surface area contributed by atoms with E-state index < -0.39 is 9.84 Å². The van der Waals surface area contributed by atoms with Gasteiger partial charge in [0.1, 0.15) is 15.6 Å². The van der Waals surface area contributed by atoms with Gasteiger partial charge in [-0.15, -0.1) is 0 Å². The van der Waals surface area contributed by atoms with Gasteiger partial charge in [0.15, 0.2) is 0 Å². The zero-order valence-corrected chi connectivity index (χ0v) is 10.8. The van der Waals surface area contributed by atoms with Crippen LogP contribution in [0.25, 0.3) is 0 Å². The van der Waals surface area contributed by atoms with Gasteiger partial charge in [-0.2, -0.15) is 0 Å². The lowest BCUT2D eigenvalue weighted by atomic mass is 10.1. The highest BCUT2D eigenvalue weighted by atomic mass is 32.2. The van der Waals surface area contributed by atoms with Crippen molar-refractivity contribution in [2.75, 3.05) is 18.6 Å². The van der Waals surface area contributed by atoms with E-state index in [1.54, 1.807) is 0 Å². The van der Waals surface area contributed by atoms with Gasteiger partial charge < -0.3 is 5.32 Å². The molecule has 0 radical (unpaired) electrons. The molecule has 0 aliphatic carbocycles. The largest absolute Gasteiger partial charge is 0.305 e. The Morgan fingerprint density at radius 2 is 1.80 bits per heavy atom. The third kappa shape index (κ3) is 11.5. The van der Waals surface area contributed by atoms with E-state index in [4.69, 9.17) is 0 Å². The number of hydrogen-bond donors (Lipinski definition) is 1. The average Bonchev–Trinajstić information content (AvgIpc) is 1.97. The number of Topliss-reactive ketones (excluding diaryl/α,β-unsaturated/α-hetero) is 1. The molecule has 15 heavy (non-hydrogen) atoms. The summed E-state index contributed by atoms with van der Waals surface area (Å²) in [6, 6.07) is 0. The number of ketones is 1. The summed E-state index contributed by atoms with van der Waals surface area (Å²) in [5.41, 5.74) is -0.0769. The van der Waals surface area contributed by atoms with Crippen molar-refractivity contribution in [1.82, 2.24) is 5.32 Å². The van der Waals surface area contributed by atoms with Gasteiger partial charge in [-0.3, -0.25) is 4.79 Å². The molecule has 5 heteroatoms. The topological polar surface area (TPSA) is 63.2 Å². The molecule has 0 amide bonds. The first-order chi connectivity index (χ1) is 6.60. The molecule has 0 unspecified atom stereocenters. The fourth-order valence-electron chi connectivity index (χ4n) is 0.984. The van der Waals surface area contributed by atoms with Gasteiger partial charge >= 0.3 is 0 Å². The van der Waals surface area contributed by atoms with Gasteiger partial charge in [-0.25, -0.2) is 8.42 Å². The summed E-state index contributed by atoms with van der Waals surface area (Å²) >= 11 is 0. The highest BCUT2D eigenvalue weighted by Gasteiger charge is 2.11. The molecular weight excluding hydrogens is 214 g/mol. The monoisotopic (exact) mass is 235 g/mol. The summed E-state index contributed by atoms with van der Waals surface area (Å²) < 4.78 is 21.6. The molecule has 0 heterocycles. The highest BCUT2D eigenvalue weighted by Crippen LogP contribution is 1.99. The summed E-state index contributed by atoms with van der Waals surface area (Å²) in [6.45, 7) is 6.26. The summed E-state index contributed by atoms with van der Waals surface area (Å²) in [5, 5.41) is 3.07. The van der Waals surface area contributed by atoms with Crippen molar-refractivity contribution < 1.29 is 13.2 Å². The van der Waals surface area contributed by atoms with Crippen molar-refractivity contribution in [2.24, 2.45) is 0 Å². The van der Waals surface area contributed by atoms with Crippen LogP contribution in [0.15, 0.2) is 0 Å². The van der Waals surface area contributed by atoms with Crippen molar-refractivity contribution in [1.29, 1.82) is 0 Å². The first-order valence-corrected chi connectivity index (χ1v) is 7.11. The summed E-state index contributed by atoms with van der Waals surface area (Å²) in [5.74, 6) is 0.155. The quantitative estimate of drug-likeness (QED) is 0.738. The lowest BCUT2D eigenvalue weighted by Gasteiger charge is -2.19. The zero-order valence-electron chi connectivity index (χ0n) is 9.96. The third-order valence-corrected chi connectivity index (χ3v) is 2.82. The Hall–Kier alpha value is -0.420. The highest BCUT2D eigenvalue weighted by molar-refractivity contribution is 7.90. The number of carbonyl (C=O) groups excluding carboxylic acids is 1. The standard InChI is InChI=1S/C10H21NO3S/c1-10(2,3)11-8-9(12)6-5-7-15(4,13)14/h11H,5-8H2,1-4H3. The van der Waals surface area contributed by atoms with E-state index in [1.165, 1.54) is 6.26 Å². The van der Waals surface area contributed by atoms with Crippen LogP contribution in [0.5, 0.6) is 0 Å². The van der Waals surface area contributed by atoms with Crippen LogP contribution in [0, 0.1) is 0 Å². The third-order valence-electron chi connectivity index (χ3n) is 1.79. The van der Waals surface area contributed by atoms with Gasteiger partial charge in [0.25, 0.3) is 0 Å². The normalized spacial score (nSPS) is 12.8. The maximum Gasteiger partial charge on any atom is 0.147 e. The fraction of sp³-hybridized carbons (Fsp3) is 0.900. The maximum atomic E-state index is 11.3. The number of rotatable bonds is 6. The Morgan fingerprint density at radius 1 is 1.27 bits per heavy atom. The molecule has 0 saturated carbocycles. The minimum atomic E-state index is -2.94. The molecule has 0 bridgehead atoms. The molecule has 0 spiro atoms. The van der Waals surface area contributed by atoms with Crippen LogP contribution in [0.2, 0.25) is 0 Å². The van der Waals surface area contributed by atoms with Gasteiger partial charge in [0.05, 0.1) is 12.3 Å². The van der Waals surface area contributed by atoms with Crippen molar-refractivity contribution in [3.8, 4) is 0 Å². The molecule has 0 rings (SSSR count). The van der Waals surface area contributed by atoms with Gasteiger partial charge in [-0.1, -0.05) is 0 Å². The Labute approximate surface area is 92.4 Å². The van der Waals surface area contributed by atoms with E-state index in [9.17, 15) is 13.2 Å². The smallest absolute Gasteiger partial charge is 0.147 e. The van der Waals surface area contributed by atoms with E-state index in [-0.39, 0.29) is 17.1 Å². The van der Waals surface area contributed by atoms with Crippen LogP contribution in [-0.4, -0.2) is 38.3 Å². The lowest BCUT2D eigenvalue weighted by Crippen LogP contribution is -2.39. The minimum absolute atomic E-state index is 0.0635. The second kappa shape index (κ2) is 5.61. The first-order valence-electron chi connectivity index (χ1n) is 5.05. The van der Waals surface area contributed by atoms with Crippen molar-refractivity contribution in [2.45, 2.75) is 39.2 Å². The van der Waals surface area contributed by atoms with Crippen LogP contribution < -0.4 is 5.32 Å². The molecule has 1 N–H and O–H groups in total. The van der Waals surface area contributed by atoms with Crippen LogP contribution in [-0.2, 0) is 14.6 Å². The maximum absolute atomic E-state index is 11.3. The Balaban J connectivity index is 3.69. The Kier molecular flexibility index (Phi) is 5.45. The van der Waals surface area contributed by atoms with E-state index in [0.717, 1.165) is 0 Å². The van der Waals surface area contributed by atoms with Gasteiger partial charge in [-0.05, 0) is 27.2 Å². The molecule has 0 aliphatic heterocycles. The first kappa shape index (κ1) is 14.6. The van der Waals surface area contributed by atoms with Crippen molar-refractivity contribution in [3.05, 3.63) is 0 Å². The minimum Gasteiger partial charge on any atom is -0.305 e. The van der Waals surface area contributed by atoms with E-state index in [2.05, 4.69) is 5.32 Å². The lowest BCUT2D eigenvalue weighted by molar-refractivity contribution is -0.118. The number of carbonyl (C=O) groups is 1. The number of hydrogen-bond acceptors (Lipinski definition) is 4. The zero-order chi connectivity index (χ0) is 12.1. The molecule has 0 aromatic carbocycles. The number of nitrogens with one attached hydrogen (secondary N) is 1. The van der Waals surface area contributed by atoms with Crippen molar-refractivity contribution in [3.63, 3.8) is 0 Å². The predicted molar refractivity (Wildman–Crippen MR) is 61.7 cm³/mol. The fourth-order valence-corrected chi connectivity index (χ4v) is 1.65. The van der Waals surface area contributed by atoms with Crippen molar-refractivity contribution >= 4 is 15.6 Å². The summed E-state index contributed by atoms with van der Waals surface area (Å²) in [4.78, 5) is 11.3. The van der Waals surface area contributed by atoms with Crippen LogP contribution in [0.1, 0.15) is 33.6 Å². The number of sulfone groups is 1. The predicted octanol–water partition coefficient (Wildman–Crippen LogP) is 0.768. The van der Waals surface area contributed by atoms with E-state index in [1.807, 2.05) is 20.8 Å². The molecule has 0 fully saturated rings. The second-order valence-electron chi connectivity index (χ2n) is 4.88. The Morgan fingerprint density at radius 3 is 2.20 bits per heavy atom. The van der Waals surface area contributed by atoms with Gasteiger partial charge in [0, 0.05) is 18.2 Å². The van der Waals surface area contributed by atoms with E-state index >= 15 is 0 Å². The SMILES string of the molecule is CC(C)(C)NCC(=O)CCCS(C)(=O)=O. The molecular formula is C10H21NO3S. The average molecular weight is 235 g/mol. The molecule has 0 aromatic rings. The molecule has 0 atom stereocenters. The molecule has 90 valence electrons. The summed E-state index contributed by atoms with van der Waals surface area (Å²) in [6.07, 6.45) is 1.94. The molecule has 4 nitrogen and oxygen atoms in total. The second-order valence-corrected chi connectivity index (χ2v) is 7.14. The Bertz CT molecular complexity index is 301. The summed E-state index contributed by atoms with van der Waals surface area (Å²) in [7, 11) is -2.94. The molecule has 0 aliphatic rings. The van der Waals surface area contributed by atoms with Gasteiger partial charge in [0.2, 0.25) is 0 Å². The molecule has 0 aromatic heterocycles. The van der Waals surface area contributed by atoms with Crippen LogP contribution in [0.3, 0.4) is 0 Å². The van der Waals surface area contributed by atoms with Crippen LogP contribution in [0.4, 0.5) is 0 Å². The van der Waals surface area contributed by atoms with Crippen LogP contribution >= 0.6 is 0 Å². The molecule has 0 saturated heterocycles.